The SMILES string of the molecule is Cc1ccc(CN2CCC(N3C(=O)NC4(CCN(CC(C)C)CC4)C3=O)CC2)cc1C. The molecule has 3 saturated heterocycles. The lowest BCUT2D eigenvalue weighted by Crippen LogP contribution is -2.56. The minimum Gasteiger partial charge on any atom is -0.323 e. The van der Waals surface area contributed by atoms with E-state index in [1.54, 1.807) is 4.90 Å². The van der Waals surface area contributed by atoms with Gasteiger partial charge in [-0.2, -0.15) is 0 Å². The van der Waals surface area contributed by atoms with Crippen molar-refractivity contribution in [3.63, 3.8) is 0 Å². The summed E-state index contributed by atoms with van der Waals surface area (Å²) in [5.74, 6) is 0.641. The summed E-state index contributed by atoms with van der Waals surface area (Å²) in [6.07, 6.45) is 3.18. The summed E-state index contributed by atoms with van der Waals surface area (Å²) in [4.78, 5) is 32.6. The molecule has 0 unspecified atom stereocenters. The molecule has 0 aliphatic carbocycles. The summed E-state index contributed by atoms with van der Waals surface area (Å²) in [6, 6.07) is 6.53. The van der Waals surface area contributed by atoms with E-state index >= 15 is 0 Å². The summed E-state index contributed by atoms with van der Waals surface area (Å²) in [7, 11) is 0. The van der Waals surface area contributed by atoms with Crippen molar-refractivity contribution in [1.29, 1.82) is 0 Å². The van der Waals surface area contributed by atoms with Crippen molar-refractivity contribution in [2.24, 2.45) is 5.92 Å². The van der Waals surface area contributed by atoms with Gasteiger partial charge in [-0.25, -0.2) is 4.79 Å². The first-order valence-electron chi connectivity index (χ1n) is 11.9. The lowest BCUT2D eigenvalue weighted by molar-refractivity contribution is -0.135. The van der Waals surface area contributed by atoms with Crippen LogP contribution >= 0.6 is 0 Å². The second kappa shape index (κ2) is 8.91. The molecule has 1 aromatic rings. The van der Waals surface area contributed by atoms with Crippen molar-refractivity contribution in [2.75, 3.05) is 32.7 Å². The van der Waals surface area contributed by atoms with Crippen LogP contribution in [-0.2, 0) is 11.3 Å². The Morgan fingerprint density at radius 2 is 1.68 bits per heavy atom. The van der Waals surface area contributed by atoms with Gasteiger partial charge in [-0.1, -0.05) is 32.0 Å². The number of imide groups is 1. The summed E-state index contributed by atoms with van der Waals surface area (Å²) in [5.41, 5.74) is 3.33. The van der Waals surface area contributed by atoms with Gasteiger partial charge in [0.05, 0.1) is 0 Å². The fraction of sp³-hybridized carbons (Fsp3) is 0.680. The van der Waals surface area contributed by atoms with E-state index in [2.05, 4.69) is 61.0 Å². The van der Waals surface area contributed by atoms with E-state index in [1.807, 2.05) is 0 Å². The third-order valence-corrected chi connectivity index (χ3v) is 7.43. The topological polar surface area (TPSA) is 55.9 Å². The highest BCUT2D eigenvalue weighted by atomic mass is 16.2. The molecule has 0 atom stereocenters. The van der Waals surface area contributed by atoms with Crippen molar-refractivity contribution < 1.29 is 9.59 Å². The van der Waals surface area contributed by atoms with E-state index in [9.17, 15) is 9.59 Å². The molecule has 31 heavy (non-hydrogen) atoms. The molecule has 1 spiro atoms. The zero-order valence-electron chi connectivity index (χ0n) is 19.6. The van der Waals surface area contributed by atoms with Gasteiger partial charge in [-0.3, -0.25) is 14.6 Å². The van der Waals surface area contributed by atoms with E-state index in [-0.39, 0.29) is 18.0 Å². The number of hydrogen-bond donors (Lipinski definition) is 1. The average molecular weight is 427 g/mol. The van der Waals surface area contributed by atoms with Crippen LogP contribution in [0.2, 0.25) is 0 Å². The standard InChI is InChI=1S/C25H38N4O2/c1-18(2)16-28-13-9-25(10-14-28)23(30)29(24(31)26-25)22-7-11-27(12-8-22)17-21-6-5-19(3)20(4)15-21/h5-6,15,18,22H,7-14,16-17H2,1-4H3,(H,26,31). The van der Waals surface area contributed by atoms with Gasteiger partial charge in [-0.05, 0) is 62.1 Å². The zero-order chi connectivity index (χ0) is 22.2. The summed E-state index contributed by atoms with van der Waals surface area (Å²) < 4.78 is 0. The molecule has 4 rings (SSSR count). The number of likely N-dealkylation sites (tertiary alicyclic amines) is 2. The molecule has 0 saturated carbocycles. The fourth-order valence-corrected chi connectivity index (χ4v) is 5.44. The molecular formula is C25H38N4O2. The van der Waals surface area contributed by atoms with E-state index < -0.39 is 5.54 Å². The maximum atomic E-state index is 13.4. The first-order chi connectivity index (χ1) is 14.8. The third-order valence-electron chi connectivity index (χ3n) is 7.43. The highest BCUT2D eigenvalue weighted by molar-refractivity contribution is 6.07. The van der Waals surface area contributed by atoms with Gasteiger partial charge in [0.1, 0.15) is 5.54 Å². The van der Waals surface area contributed by atoms with Crippen LogP contribution in [-0.4, -0.2) is 70.9 Å². The largest absolute Gasteiger partial charge is 0.325 e. The Morgan fingerprint density at radius 1 is 1.00 bits per heavy atom. The van der Waals surface area contributed by atoms with Crippen LogP contribution in [0.3, 0.4) is 0 Å². The zero-order valence-corrected chi connectivity index (χ0v) is 19.6. The maximum Gasteiger partial charge on any atom is 0.325 e. The Kier molecular flexibility index (Phi) is 6.40. The lowest BCUT2D eigenvalue weighted by atomic mass is 9.86. The fourth-order valence-electron chi connectivity index (χ4n) is 5.44. The number of urea groups is 1. The van der Waals surface area contributed by atoms with Gasteiger partial charge in [0, 0.05) is 45.3 Å². The lowest BCUT2D eigenvalue weighted by Gasteiger charge is -2.39. The predicted molar refractivity (Wildman–Crippen MR) is 123 cm³/mol. The van der Waals surface area contributed by atoms with E-state index in [0.29, 0.717) is 5.92 Å². The van der Waals surface area contributed by atoms with Gasteiger partial charge in [0.25, 0.3) is 5.91 Å². The van der Waals surface area contributed by atoms with Crippen LogP contribution in [0.25, 0.3) is 0 Å². The van der Waals surface area contributed by atoms with Gasteiger partial charge in [0.2, 0.25) is 0 Å². The Bertz CT molecular complexity index is 821. The first kappa shape index (κ1) is 22.3. The maximum absolute atomic E-state index is 13.4. The number of piperidine rings is 2. The number of nitrogens with zero attached hydrogens (tertiary/aromatic N) is 3. The molecule has 6 heteroatoms. The van der Waals surface area contributed by atoms with E-state index in [1.165, 1.54) is 16.7 Å². The number of aryl methyl sites for hydroxylation is 2. The highest BCUT2D eigenvalue weighted by Gasteiger charge is 2.54. The van der Waals surface area contributed by atoms with Crippen molar-refractivity contribution in [3.05, 3.63) is 34.9 Å². The van der Waals surface area contributed by atoms with Crippen LogP contribution in [0.15, 0.2) is 18.2 Å². The third kappa shape index (κ3) is 4.65. The van der Waals surface area contributed by atoms with Gasteiger partial charge in [-0.15, -0.1) is 0 Å². The van der Waals surface area contributed by atoms with Crippen molar-refractivity contribution in [3.8, 4) is 0 Å². The van der Waals surface area contributed by atoms with Crippen LogP contribution in [0.4, 0.5) is 4.79 Å². The summed E-state index contributed by atoms with van der Waals surface area (Å²) in [5, 5.41) is 3.10. The quantitative estimate of drug-likeness (QED) is 0.734. The minimum atomic E-state index is -0.666. The van der Waals surface area contributed by atoms with Crippen molar-refractivity contribution in [1.82, 2.24) is 20.0 Å². The molecule has 3 fully saturated rings. The average Bonchev–Trinajstić information content (AvgIpc) is 2.97. The number of carbonyl (C=O) groups is 2. The minimum absolute atomic E-state index is 0.0225. The molecule has 1 N–H and O–H groups in total. The number of carbonyl (C=O) groups excluding carboxylic acids is 2. The molecule has 3 aliphatic heterocycles. The highest BCUT2D eigenvalue weighted by Crippen LogP contribution is 2.33. The van der Waals surface area contributed by atoms with Crippen LogP contribution in [0.5, 0.6) is 0 Å². The van der Waals surface area contributed by atoms with Crippen molar-refractivity contribution in [2.45, 2.75) is 71.5 Å². The van der Waals surface area contributed by atoms with E-state index in [0.717, 1.165) is 65.0 Å². The van der Waals surface area contributed by atoms with Gasteiger partial charge in [0.15, 0.2) is 0 Å². The number of nitrogens with one attached hydrogen (secondary N) is 1. The monoisotopic (exact) mass is 426 g/mol. The Labute approximate surface area is 187 Å². The Balaban J connectivity index is 1.33. The van der Waals surface area contributed by atoms with E-state index in [4.69, 9.17) is 0 Å². The molecule has 170 valence electrons. The second-order valence-corrected chi connectivity index (χ2v) is 10.3. The smallest absolute Gasteiger partial charge is 0.323 e. The molecule has 0 aromatic heterocycles. The first-order valence-corrected chi connectivity index (χ1v) is 11.9. The number of amides is 3. The predicted octanol–water partition coefficient (Wildman–Crippen LogP) is 3.31. The number of benzene rings is 1. The summed E-state index contributed by atoms with van der Waals surface area (Å²) >= 11 is 0. The number of rotatable bonds is 5. The second-order valence-electron chi connectivity index (χ2n) is 10.3. The molecule has 0 bridgehead atoms. The van der Waals surface area contributed by atoms with Crippen molar-refractivity contribution >= 4 is 11.9 Å². The Morgan fingerprint density at radius 3 is 2.29 bits per heavy atom. The molecule has 3 heterocycles. The van der Waals surface area contributed by atoms with Crippen LogP contribution < -0.4 is 5.32 Å². The molecule has 1 aromatic carbocycles. The van der Waals surface area contributed by atoms with Crippen LogP contribution in [0.1, 0.15) is 56.2 Å². The van der Waals surface area contributed by atoms with Gasteiger partial charge < -0.3 is 10.2 Å². The number of hydrogen-bond acceptors (Lipinski definition) is 4. The summed E-state index contributed by atoms with van der Waals surface area (Å²) in [6.45, 7) is 14.3. The molecule has 3 amide bonds. The van der Waals surface area contributed by atoms with Gasteiger partial charge >= 0.3 is 6.03 Å². The molecule has 0 radical (unpaired) electrons. The van der Waals surface area contributed by atoms with Crippen LogP contribution in [0, 0.1) is 19.8 Å². The normalized spacial score (nSPS) is 23.2. The molecular weight excluding hydrogens is 388 g/mol. The molecule has 6 nitrogen and oxygen atoms in total. The Hall–Kier alpha value is -1.92. The molecule has 3 aliphatic rings.